The first-order chi connectivity index (χ1) is 8.61. The van der Waals surface area contributed by atoms with Crippen molar-refractivity contribution in [1.82, 2.24) is 4.90 Å². The number of carbonyl (C=O) groups is 1. The number of rotatable bonds is 3. The molecule has 0 amide bonds. The van der Waals surface area contributed by atoms with E-state index in [0.717, 1.165) is 43.0 Å². The van der Waals surface area contributed by atoms with Gasteiger partial charge in [-0.2, -0.15) is 0 Å². The molecule has 96 valence electrons. The number of piperazine rings is 1. The molecule has 0 saturated carbocycles. The summed E-state index contributed by atoms with van der Waals surface area (Å²) in [6.07, 6.45) is 1.39. The molecule has 0 aliphatic carbocycles. The number of hydrogen-bond acceptors (Lipinski definition) is 3. The van der Waals surface area contributed by atoms with E-state index in [9.17, 15) is 4.79 Å². The lowest BCUT2D eigenvalue weighted by molar-refractivity contribution is 0.104. The quantitative estimate of drug-likeness (QED) is 0.601. The molecule has 0 N–H and O–H groups in total. The van der Waals surface area contributed by atoms with Crippen molar-refractivity contribution < 1.29 is 4.79 Å². The van der Waals surface area contributed by atoms with Gasteiger partial charge in [0.15, 0.2) is 5.78 Å². The largest absolute Gasteiger partial charge is 0.369 e. The van der Waals surface area contributed by atoms with Crippen LogP contribution in [0.15, 0.2) is 30.9 Å². The van der Waals surface area contributed by atoms with Crippen molar-refractivity contribution in [2.24, 2.45) is 0 Å². The molecule has 1 aromatic carbocycles. The zero-order chi connectivity index (χ0) is 13.1. The van der Waals surface area contributed by atoms with E-state index in [1.807, 2.05) is 19.1 Å². The number of allylic oxidation sites excluding steroid dienone is 1. The molecule has 18 heavy (non-hydrogen) atoms. The summed E-state index contributed by atoms with van der Waals surface area (Å²) in [6, 6.07) is 6.11. The first kappa shape index (κ1) is 12.8. The summed E-state index contributed by atoms with van der Waals surface area (Å²) in [4.78, 5) is 16.4. The second-order valence-corrected chi connectivity index (χ2v) is 4.86. The Balaban J connectivity index is 2.24. The first-order valence-electron chi connectivity index (χ1n) is 6.32. The van der Waals surface area contributed by atoms with Gasteiger partial charge in [0.1, 0.15) is 0 Å². The van der Waals surface area contributed by atoms with Gasteiger partial charge < -0.3 is 9.80 Å². The van der Waals surface area contributed by atoms with E-state index in [1.165, 1.54) is 6.08 Å². The molecule has 0 unspecified atom stereocenters. The Morgan fingerprint density at radius 1 is 1.28 bits per heavy atom. The van der Waals surface area contributed by atoms with Gasteiger partial charge >= 0.3 is 0 Å². The van der Waals surface area contributed by atoms with E-state index in [1.54, 1.807) is 0 Å². The van der Waals surface area contributed by atoms with Crippen LogP contribution in [-0.2, 0) is 0 Å². The van der Waals surface area contributed by atoms with Crippen molar-refractivity contribution in [2.75, 3.05) is 38.1 Å². The molecule has 1 saturated heterocycles. The average Bonchev–Trinajstić information content (AvgIpc) is 2.39. The molecular formula is C15H20N2O. The Kier molecular flexibility index (Phi) is 3.82. The van der Waals surface area contributed by atoms with Gasteiger partial charge in [-0.1, -0.05) is 12.6 Å². The fourth-order valence-corrected chi connectivity index (χ4v) is 2.25. The molecule has 0 radical (unpaired) electrons. The predicted molar refractivity (Wildman–Crippen MR) is 75.4 cm³/mol. The minimum Gasteiger partial charge on any atom is -0.369 e. The van der Waals surface area contributed by atoms with Crippen LogP contribution in [0.1, 0.15) is 15.9 Å². The van der Waals surface area contributed by atoms with Gasteiger partial charge in [-0.25, -0.2) is 0 Å². The van der Waals surface area contributed by atoms with E-state index in [4.69, 9.17) is 0 Å². The number of likely N-dealkylation sites (N-methyl/N-ethyl adjacent to an activating group) is 1. The molecule has 1 aliphatic heterocycles. The van der Waals surface area contributed by atoms with Crippen LogP contribution in [0, 0.1) is 6.92 Å². The number of carbonyl (C=O) groups excluding carboxylic acids is 1. The van der Waals surface area contributed by atoms with Crippen molar-refractivity contribution in [3.63, 3.8) is 0 Å². The number of aryl methyl sites for hydroxylation is 1. The summed E-state index contributed by atoms with van der Waals surface area (Å²) < 4.78 is 0. The SMILES string of the molecule is C=CC(=O)c1cc(N2CCN(C)CC2)ccc1C. The van der Waals surface area contributed by atoms with Gasteiger partial charge in [0.05, 0.1) is 0 Å². The number of ketones is 1. The fraction of sp³-hybridized carbons (Fsp3) is 0.400. The van der Waals surface area contributed by atoms with Crippen LogP contribution in [0.4, 0.5) is 5.69 Å². The highest BCUT2D eigenvalue weighted by molar-refractivity contribution is 6.05. The third kappa shape index (κ3) is 2.62. The summed E-state index contributed by atoms with van der Waals surface area (Å²) in [5.74, 6) is 0.00322. The summed E-state index contributed by atoms with van der Waals surface area (Å²) >= 11 is 0. The molecule has 1 aliphatic rings. The molecule has 1 aromatic rings. The standard InChI is InChI=1S/C15H20N2O/c1-4-15(18)14-11-13(6-5-12(14)2)17-9-7-16(3)8-10-17/h4-6,11H,1,7-10H2,2-3H3. The van der Waals surface area contributed by atoms with E-state index in [-0.39, 0.29) is 5.78 Å². The lowest BCUT2D eigenvalue weighted by atomic mass is 10.0. The van der Waals surface area contributed by atoms with Gasteiger partial charge in [0.25, 0.3) is 0 Å². The zero-order valence-electron chi connectivity index (χ0n) is 11.1. The minimum atomic E-state index is 0.00322. The monoisotopic (exact) mass is 244 g/mol. The van der Waals surface area contributed by atoms with Crippen LogP contribution < -0.4 is 4.90 Å². The lowest BCUT2D eigenvalue weighted by Crippen LogP contribution is -2.44. The van der Waals surface area contributed by atoms with Crippen LogP contribution in [-0.4, -0.2) is 43.9 Å². The van der Waals surface area contributed by atoms with Crippen LogP contribution in [0.3, 0.4) is 0 Å². The van der Waals surface area contributed by atoms with Gasteiger partial charge in [-0.15, -0.1) is 0 Å². The van der Waals surface area contributed by atoms with Gasteiger partial charge in [0, 0.05) is 37.4 Å². The molecule has 0 atom stereocenters. The third-order valence-corrected chi connectivity index (χ3v) is 3.54. The maximum absolute atomic E-state index is 11.8. The molecule has 1 heterocycles. The van der Waals surface area contributed by atoms with Crippen LogP contribution in [0.2, 0.25) is 0 Å². The van der Waals surface area contributed by atoms with Gasteiger partial charge in [-0.05, 0) is 37.7 Å². The van der Waals surface area contributed by atoms with Crippen molar-refractivity contribution in [1.29, 1.82) is 0 Å². The number of anilines is 1. The minimum absolute atomic E-state index is 0.00322. The van der Waals surface area contributed by atoms with E-state index in [0.29, 0.717) is 0 Å². The number of hydrogen-bond donors (Lipinski definition) is 0. The maximum atomic E-state index is 11.8. The van der Waals surface area contributed by atoms with Crippen LogP contribution >= 0.6 is 0 Å². The molecule has 1 fully saturated rings. The van der Waals surface area contributed by atoms with Gasteiger partial charge in [0.2, 0.25) is 0 Å². The highest BCUT2D eigenvalue weighted by Crippen LogP contribution is 2.21. The Morgan fingerprint density at radius 3 is 2.56 bits per heavy atom. The molecule has 2 rings (SSSR count). The molecule has 3 heteroatoms. The lowest BCUT2D eigenvalue weighted by Gasteiger charge is -2.34. The second kappa shape index (κ2) is 5.36. The van der Waals surface area contributed by atoms with E-state index >= 15 is 0 Å². The van der Waals surface area contributed by atoms with Gasteiger partial charge in [-0.3, -0.25) is 4.79 Å². The van der Waals surface area contributed by atoms with Crippen molar-refractivity contribution in [3.8, 4) is 0 Å². The molecule has 0 aromatic heterocycles. The smallest absolute Gasteiger partial charge is 0.185 e. The number of benzene rings is 1. The predicted octanol–water partition coefficient (Wildman–Crippen LogP) is 2.12. The Hall–Kier alpha value is -1.61. The van der Waals surface area contributed by atoms with E-state index < -0.39 is 0 Å². The Morgan fingerprint density at radius 2 is 1.94 bits per heavy atom. The Labute approximate surface area is 109 Å². The summed E-state index contributed by atoms with van der Waals surface area (Å²) in [6.45, 7) is 9.69. The summed E-state index contributed by atoms with van der Waals surface area (Å²) in [5.41, 5.74) is 2.91. The first-order valence-corrected chi connectivity index (χ1v) is 6.32. The topological polar surface area (TPSA) is 23.6 Å². The maximum Gasteiger partial charge on any atom is 0.185 e. The Bertz CT molecular complexity index is 460. The fourth-order valence-electron chi connectivity index (χ4n) is 2.25. The normalized spacial score (nSPS) is 16.7. The van der Waals surface area contributed by atoms with Crippen LogP contribution in [0.5, 0.6) is 0 Å². The molecular weight excluding hydrogens is 224 g/mol. The highest BCUT2D eigenvalue weighted by Gasteiger charge is 2.16. The summed E-state index contributed by atoms with van der Waals surface area (Å²) in [5, 5.41) is 0. The second-order valence-electron chi connectivity index (χ2n) is 4.86. The molecule has 3 nitrogen and oxygen atoms in total. The van der Waals surface area contributed by atoms with Crippen LogP contribution in [0.25, 0.3) is 0 Å². The third-order valence-electron chi connectivity index (χ3n) is 3.54. The van der Waals surface area contributed by atoms with E-state index in [2.05, 4.69) is 29.5 Å². The van der Waals surface area contributed by atoms with Crippen molar-refractivity contribution in [2.45, 2.75) is 6.92 Å². The number of nitrogens with zero attached hydrogens (tertiary/aromatic N) is 2. The molecule has 0 bridgehead atoms. The highest BCUT2D eigenvalue weighted by atomic mass is 16.1. The average molecular weight is 244 g/mol. The molecule has 0 spiro atoms. The van der Waals surface area contributed by atoms with Crippen molar-refractivity contribution >= 4 is 11.5 Å². The summed E-state index contributed by atoms with van der Waals surface area (Å²) in [7, 11) is 2.14. The zero-order valence-corrected chi connectivity index (χ0v) is 11.1. The van der Waals surface area contributed by atoms with Crippen molar-refractivity contribution in [3.05, 3.63) is 42.0 Å².